The van der Waals surface area contributed by atoms with Crippen LogP contribution in [0.2, 0.25) is 0 Å². The second kappa shape index (κ2) is 8.95. The van der Waals surface area contributed by atoms with Crippen molar-refractivity contribution in [3.8, 4) is 5.75 Å². The van der Waals surface area contributed by atoms with Crippen molar-refractivity contribution in [2.45, 2.75) is 31.7 Å². The highest BCUT2D eigenvalue weighted by Crippen LogP contribution is 2.21. The number of aromatic amines is 1. The third kappa shape index (κ3) is 4.86. The van der Waals surface area contributed by atoms with E-state index in [2.05, 4.69) is 4.98 Å². The summed E-state index contributed by atoms with van der Waals surface area (Å²) in [6.07, 6.45) is 1.04. The second-order valence-corrected chi connectivity index (χ2v) is 7.32. The molecule has 148 valence electrons. The van der Waals surface area contributed by atoms with Crippen molar-refractivity contribution < 1.29 is 14.9 Å². The number of rotatable bonds is 8. The molecule has 3 aromatic carbocycles. The summed E-state index contributed by atoms with van der Waals surface area (Å²) in [5, 5.41) is 22.0. The molecule has 2 atom stereocenters. The van der Waals surface area contributed by atoms with Crippen molar-refractivity contribution >= 4 is 10.9 Å². The molecule has 0 unspecified atom stereocenters. The summed E-state index contributed by atoms with van der Waals surface area (Å²) < 4.78 is 5.80. The zero-order valence-electron chi connectivity index (χ0n) is 16.2. The normalized spacial score (nSPS) is 13.3. The van der Waals surface area contributed by atoms with Crippen molar-refractivity contribution in [2.75, 3.05) is 0 Å². The lowest BCUT2D eigenvalue weighted by molar-refractivity contribution is 0.0208. The predicted molar refractivity (Wildman–Crippen MR) is 115 cm³/mol. The van der Waals surface area contributed by atoms with E-state index in [-0.39, 0.29) is 0 Å². The average molecular weight is 387 g/mol. The van der Waals surface area contributed by atoms with Crippen LogP contribution in [0.25, 0.3) is 10.9 Å². The van der Waals surface area contributed by atoms with Gasteiger partial charge in [0.15, 0.2) is 0 Å². The van der Waals surface area contributed by atoms with Gasteiger partial charge >= 0.3 is 0 Å². The molecule has 4 aromatic rings. The lowest BCUT2D eigenvalue weighted by Crippen LogP contribution is -2.29. The van der Waals surface area contributed by atoms with Crippen LogP contribution in [0.3, 0.4) is 0 Å². The maximum atomic E-state index is 10.5. The summed E-state index contributed by atoms with van der Waals surface area (Å²) in [5.74, 6) is 0.784. The Labute approximate surface area is 170 Å². The fraction of sp³-hybridized carbons (Fsp3) is 0.200. The molecule has 3 N–H and O–H groups in total. The van der Waals surface area contributed by atoms with E-state index in [1.54, 1.807) is 0 Å². The molecule has 0 saturated carbocycles. The highest BCUT2D eigenvalue weighted by molar-refractivity contribution is 5.83. The van der Waals surface area contributed by atoms with Crippen LogP contribution < -0.4 is 4.74 Å². The molecule has 0 spiro atoms. The Bertz CT molecular complexity index is 1040. The fourth-order valence-corrected chi connectivity index (χ4v) is 3.50. The summed E-state index contributed by atoms with van der Waals surface area (Å²) >= 11 is 0. The lowest BCUT2D eigenvalue weighted by Gasteiger charge is -2.18. The second-order valence-electron chi connectivity index (χ2n) is 7.32. The summed E-state index contributed by atoms with van der Waals surface area (Å²) in [6.45, 7) is 0.520. The third-order valence-electron chi connectivity index (χ3n) is 5.16. The van der Waals surface area contributed by atoms with E-state index in [1.807, 2.05) is 85.1 Å². The number of hydrogen-bond donors (Lipinski definition) is 3. The molecule has 0 saturated heterocycles. The van der Waals surface area contributed by atoms with Crippen molar-refractivity contribution in [1.29, 1.82) is 0 Å². The number of hydrogen-bond acceptors (Lipinski definition) is 3. The van der Waals surface area contributed by atoms with Crippen molar-refractivity contribution in [3.05, 3.63) is 102 Å². The topological polar surface area (TPSA) is 65.5 Å². The molecule has 0 amide bonds. The number of ether oxygens (including phenoxy) is 1. The van der Waals surface area contributed by atoms with Gasteiger partial charge in [-0.05, 0) is 34.9 Å². The van der Waals surface area contributed by atoms with Crippen LogP contribution in [0.5, 0.6) is 5.75 Å². The molecule has 29 heavy (non-hydrogen) atoms. The van der Waals surface area contributed by atoms with E-state index in [0.717, 1.165) is 33.3 Å². The molecule has 4 heteroatoms. The Morgan fingerprint density at radius 1 is 0.724 bits per heavy atom. The largest absolute Gasteiger partial charge is 0.489 e. The summed E-state index contributed by atoms with van der Waals surface area (Å²) in [6, 6.07) is 25.7. The van der Waals surface area contributed by atoms with Gasteiger partial charge < -0.3 is 19.9 Å². The average Bonchev–Trinajstić information content (AvgIpc) is 3.17. The van der Waals surface area contributed by atoms with Gasteiger partial charge in [0.05, 0.1) is 12.2 Å². The zero-order chi connectivity index (χ0) is 20.1. The number of para-hydroxylation sites is 1. The number of fused-ring (bicyclic) bond motifs is 1. The van der Waals surface area contributed by atoms with Crippen LogP contribution in [-0.4, -0.2) is 27.4 Å². The Hall–Kier alpha value is -3.08. The molecule has 1 heterocycles. The Morgan fingerprint density at radius 3 is 2.21 bits per heavy atom. The van der Waals surface area contributed by atoms with Gasteiger partial charge in [0.1, 0.15) is 12.4 Å². The van der Waals surface area contributed by atoms with E-state index >= 15 is 0 Å². The third-order valence-corrected chi connectivity index (χ3v) is 5.16. The minimum Gasteiger partial charge on any atom is -0.489 e. The standard InChI is InChI=1S/C25H25NO3/c27-24(25(28)15-20-16-26-23-9-5-4-8-22(20)23)14-18-10-12-21(13-11-18)29-17-19-6-2-1-3-7-19/h1-13,16,24-28H,14-15,17H2/t24-,25-/m0/s1. The maximum absolute atomic E-state index is 10.5. The van der Waals surface area contributed by atoms with E-state index in [0.29, 0.717) is 19.4 Å². The fourth-order valence-electron chi connectivity index (χ4n) is 3.50. The van der Waals surface area contributed by atoms with Crippen molar-refractivity contribution in [1.82, 2.24) is 4.98 Å². The van der Waals surface area contributed by atoms with Gasteiger partial charge in [0.2, 0.25) is 0 Å². The van der Waals surface area contributed by atoms with Gasteiger partial charge in [-0.15, -0.1) is 0 Å². The van der Waals surface area contributed by atoms with Crippen LogP contribution in [0.1, 0.15) is 16.7 Å². The summed E-state index contributed by atoms with van der Waals surface area (Å²) in [4.78, 5) is 3.21. The first-order valence-corrected chi connectivity index (χ1v) is 9.86. The van der Waals surface area contributed by atoms with Crippen LogP contribution >= 0.6 is 0 Å². The SMILES string of the molecule is O[C@@H](Cc1ccc(OCc2ccccc2)cc1)[C@@H](O)Cc1c[nH]c2ccccc12. The van der Waals surface area contributed by atoms with Crippen molar-refractivity contribution in [2.24, 2.45) is 0 Å². The van der Waals surface area contributed by atoms with Crippen LogP contribution in [0.15, 0.2) is 85.1 Å². The molecule has 0 aliphatic carbocycles. The van der Waals surface area contributed by atoms with Crippen LogP contribution in [0, 0.1) is 0 Å². The summed E-state index contributed by atoms with van der Waals surface area (Å²) in [5.41, 5.74) is 4.13. The van der Waals surface area contributed by atoms with E-state index in [4.69, 9.17) is 4.74 Å². The number of aliphatic hydroxyl groups excluding tert-OH is 2. The Morgan fingerprint density at radius 2 is 1.41 bits per heavy atom. The molecule has 0 bridgehead atoms. The first-order chi connectivity index (χ1) is 14.2. The van der Waals surface area contributed by atoms with Crippen LogP contribution in [-0.2, 0) is 19.4 Å². The lowest BCUT2D eigenvalue weighted by atomic mass is 9.98. The molecule has 1 aromatic heterocycles. The van der Waals surface area contributed by atoms with Gasteiger partial charge in [-0.3, -0.25) is 0 Å². The number of aromatic nitrogens is 1. The molecular weight excluding hydrogens is 362 g/mol. The van der Waals surface area contributed by atoms with Crippen LogP contribution in [0.4, 0.5) is 0 Å². The van der Waals surface area contributed by atoms with E-state index < -0.39 is 12.2 Å². The quantitative estimate of drug-likeness (QED) is 0.423. The van der Waals surface area contributed by atoms with Gasteiger partial charge in [0, 0.05) is 29.9 Å². The number of nitrogens with one attached hydrogen (secondary N) is 1. The van der Waals surface area contributed by atoms with Gasteiger partial charge in [-0.2, -0.15) is 0 Å². The van der Waals surface area contributed by atoms with Gasteiger partial charge in [0.25, 0.3) is 0 Å². The number of aliphatic hydroxyl groups is 2. The highest BCUT2D eigenvalue weighted by Gasteiger charge is 2.19. The number of H-pyrrole nitrogens is 1. The first kappa shape index (κ1) is 19.2. The minimum absolute atomic E-state index is 0.391. The van der Waals surface area contributed by atoms with Gasteiger partial charge in [-0.25, -0.2) is 0 Å². The smallest absolute Gasteiger partial charge is 0.119 e. The van der Waals surface area contributed by atoms with Gasteiger partial charge in [-0.1, -0.05) is 60.7 Å². The molecular formula is C25H25NO3. The van der Waals surface area contributed by atoms with Crippen molar-refractivity contribution in [3.63, 3.8) is 0 Å². The zero-order valence-corrected chi connectivity index (χ0v) is 16.2. The Kier molecular flexibility index (Phi) is 5.94. The summed E-state index contributed by atoms with van der Waals surface area (Å²) in [7, 11) is 0. The number of benzene rings is 3. The molecule has 0 fully saturated rings. The monoisotopic (exact) mass is 387 g/mol. The highest BCUT2D eigenvalue weighted by atomic mass is 16.5. The Balaban J connectivity index is 1.32. The predicted octanol–water partition coefficient (Wildman–Crippen LogP) is 4.25. The molecule has 0 aliphatic heterocycles. The van der Waals surface area contributed by atoms with E-state index in [9.17, 15) is 10.2 Å². The molecule has 0 aliphatic rings. The maximum Gasteiger partial charge on any atom is 0.119 e. The molecule has 0 radical (unpaired) electrons. The minimum atomic E-state index is -0.834. The molecule has 4 nitrogen and oxygen atoms in total. The first-order valence-electron chi connectivity index (χ1n) is 9.86. The molecule has 4 rings (SSSR count). The van der Waals surface area contributed by atoms with E-state index in [1.165, 1.54) is 0 Å².